The van der Waals surface area contributed by atoms with Crippen LogP contribution < -0.4 is 0 Å². The first-order valence-corrected chi connectivity index (χ1v) is 9.77. The predicted molar refractivity (Wildman–Crippen MR) is 110 cm³/mol. The Morgan fingerprint density at radius 1 is 1.07 bits per heavy atom. The summed E-state index contributed by atoms with van der Waals surface area (Å²) in [5.74, 6) is 0. The number of hydrogen-bond donors (Lipinski definition) is 1. The van der Waals surface area contributed by atoms with Gasteiger partial charge in [0, 0.05) is 35.7 Å². The molecule has 5 nitrogen and oxygen atoms in total. The number of rotatable bonds is 3. The third kappa shape index (κ3) is 3.76. The van der Waals surface area contributed by atoms with Gasteiger partial charge in [-0.1, -0.05) is 53.6 Å². The standard InChI is InChI=1S/C22H22ClN3O2/c1-15-2-4-16(5-3-15)14-26-21(17-6-8-18(23)9-7-17)19-10-12-25(22(27)28)13-11-20(19)24-26/h2-9H,10-14H2,1H3,(H,27,28). The van der Waals surface area contributed by atoms with E-state index in [1.807, 2.05) is 24.3 Å². The van der Waals surface area contributed by atoms with Crippen molar-refractivity contribution in [3.63, 3.8) is 0 Å². The van der Waals surface area contributed by atoms with Crippen LogP contribution in [0.25, 0.3) is 11.3 Å². The first-order valence-electron chi connectivity index (χ1n) is 9.39. The lowest BCUT2D eigenvalue weighted by molar-refractivity contribution is 0.147. The number of aryl methyl sites for hydroxylation is 1. The van der Waals surface area contributed by atoms with Gasteiger partial charge in [0.05, 0.1) is 17.9 Å². The molecule has 0 saturated heterocycles. The molecule has 1 N–H and O–H groups in total. The molecule has 1 aliphatic heterocycles. The Morgan fingerprint density at radius 2 is 1.75 bits per heavy atom. The zero-order chi connectivity index (χ0) is 19.7. The lowest BCUT2D eigenvalue weighted by Gasteiger charge is -2.16. The van der Waals surface area contributed by atoms with E-state index in [1.165, 1.54) is 16.0 Å². The number of nitrogens with zero attached hydrogens (tertiary/aromatic N) is 3. The van der Waals surface area contributed by atoms with Crippen LogP contribution >= 0.6 is 11.6 Å². The fraction of sp³-hybridized carbons (Fsp3) is 0.273. The summed E-state index contributed by atoms with van der Waals surface area (Å²) in [7, 11) is 0. The summed E-state index contributed by atoms with van der Waals surface area (Å²) in [5, 5.41) is 14.9. The van der Waals surface area contributed by atoms with Gasteiger partial charge in [0.25, 0.3) is 0 Å². The Bertz CT molecular complexity index is 994. The molecule has 4 rings (SSSR count). The van der Waals surface area contributed by atoms with Crippen LogP contribution in [0.3, 0.4) is 0 Å². The van der Waals surface area contributed by atoms with Gasteiger partial charge < -0.3 is 10.0 Å². The molecule has 0 atom stereocenters. The number of amides is 1. The third-order valence-electron chi connectivity index (χ3n) is 5.23. The molecule has 0 aliphatic carbocycles. The zero-order valence-electron chi connectivity index (χ0n) is 15.7. The zero-order valence-corrected chi connectivity index (χ0v) is 16.5. The molecule has 1 aromatic heterocycles. The Hall–Kier alpha value is -2.79. The molecule has 3 aromatic rings. The number of fused-ring (bicyclic) bond motifs is 1. The highest BCUT2D eigenvalue weighted by Gasteiger charge is 2.25. The van der Waals surface area contributed by atoms with E-state index in [0.29, 0.717) is 37.5 Å². The molecule has 0 unspecified atom stereocenters. The van der Waals surface area contributed by atoms with Gasteiger partial charge in [-0.05, 0) is 31.0 Å². The van der Waals surface area contributed by atoms with Gasteiger partial charge in [-0.25, -0.2) is 4.79 Å². The number of hydrogen-bond acceptors (Lipinski definition) is 2. The van der Waals surface area contributed by atoms with Crippen LogP contribution in [0.1, 0.15) is 22.4 Å². The fourth-order valence-corrected chi connectivity index (χ4v) is 3.84. The molecule has 0 spiro atoms. The molecule has 2 aromatic carbocycles. The largest absolute Gasteiger partial charge is 0.465 e. The van der Waals surface area contributed by atoms with Crippen molar-refractivity contribution >= 4 is 17.7 Å². The molecule has 6 heteroatoms. The van der Waals surface area contributed by atoms with Gasteiger partial charge in [-0.2, -0.15) is 5.10 Å². The quantitative estimate of drug-likeness (QED) is 0.702. The van der Waals surface area contributed by atoms with Crippen molar-refractivity contribution < 1.29 is 9.90 Å². The molecule has 28 heavy (non-hydrogen) atoms. The van der Waals surface area contributed by atoms with Crippen molar-refractivity contribution in [3.05, 3.63) is 75.9 Å². The molecule has 1 aliphatic rings. The van der Waals surface area contributed by atoms with E-state index < -0.39 is 6.09 Å². The summed E-state index contributed by atoms with van der Waals surface area (Å²) in [6, 6.07) is 16.2. The SMILES string of the molecule is Cc1ccc(Cn2nc3c(c2-c2ccc(Cl)cc2)CCN(C(=O)O)CC3)cc1. The van der Waals surface area contributed by atoms with E-state index in [1.54, 1.807) is 0 Å². The number of carbonyl (C=O) groups is 1. The van der Waals surface area contributed by atoms with E-state index >= 15 is 0 Å². The van der Waals surface area contributed by atoms with Gasteiger partial charge in [0.2, 0.25) is 0 Å². The van der Waals surface area contributed by atoms with E-state index in [4.69, 9.17) is 16.7 Å². The minimum absolute atomic E-state index is 0.476. The summed E-state index contributed by atoms with van der Waals surface area (Å²) in [6.07, 6.45) is 0.419. The molecule has 144 valence electrons. The summed E-state index contributed by atoms with van der Waals surface area (Å²) < 4.78 is 2.05. The molecule has 0 saturated carbocycles. The van der Waals surface area contributed by atoms with Gasteiger partial charge in [-0.15, -0.1) is 0 Å². The number of carboxylic acid groups (broad SMARTS) is 1. The Morgan fingerprint density at radius 3 is 2.43 bits per heavy atom. The lowest BCUT2D eigenvalue weighted by atomic mass is 10.0. The van der Waals surface area contributed by atoms with Crippen LogP contribution in [0, 0.1) is 6.92 Å². The van der Waals surface area contributed by atoms with Crippen LogP contribution in [0.2, 0.25) is 5.02 Å². The highest BCUT2D eigenvalue weighted by atomic mass is 35.5. The average molecular weight is 396 g/mol. The predicted octanol–water partition coefficient (Wildman–Crippen LogP) is 4.64. The summed E-state index contributed by atoms with van der Waals surface area (Å²) in [6.45, 7) is 3.71. The Labute approximate surface area is 169 Å². The number of benzene rings is 2. The van der Waals surface area contributed by atoms with E-state index in [9.17, 15) is 9.90 Å². The van der Waals surface area contributed by atoms with Crippen molar-refractivity contribution in [3.8, 4) is 11.3 Å². The van der Waals surface area contributed by atoms with E-state index in [0.717, 1.165) is 22.5 Å². The number of aromatic nitrogens is 2. The second kappa shape index (κ2) is 7.68. The maximum atomic E-state index is 11.4. The second-order valence-electron chi connectivity index (χ2n) is 7.19. The molecular formula is C22H22ClN3O2. The summed E-state index contributed by atoms with van der Waals surface area (Å²) >= 11 is 6.09. The lowest BCUT2D eigenvalue weighted by Crippen LogP contribution is -2.31. The third-order valence-corrected chi connectivity index (χ3v) is 5.48. The smallest absolute Gasteiger partial charge is 0.407 e. The monoisotopic (exact) mass is 395 g/mol. The molecule has 1 amide bonds. The van der Waals surface area contributed by atoms with Gasteiger partial charge in [0.1, 0.15) is 0 Å². The van der Waals surface area contributed by atoms with Crippen LogP contribution in [0.4, 0.5) is 4.79 Å². The Balaban J connectivity index is 1.76. The van der Waals surface area contributed by atoms with Crippen LogP contribution in [-0.2, 0) is 19.4 Å². The first kappa shape index (κ1) is 18.6. The molecule has 0 fully saturated rings. The van der Waals surface area contributed by atoms with Crippen molar-refractivity contribution in [2.24, 2.45) is 0 Å². The molecular weight excluding hydrogens is 374 g/mol. The molecule has 0 radical (unpaired) electrons. The van der Waals surface area contributed by atoms with Crippen LogP contribution in [0.15, 0.2) is 48.5 Å². The van der Waals surface area contributed by atoms with Crippen molar-refractivity contribution in [1.29, 1.82) is 0 Å². The topological polar surface area (TPSA) is 58.4 Å². The molecule has 2 heterocycles. The minimum atomic E-state index is -0.870. The normalized spacial score (nSPS) is 13.9. The van der Waals surface area contributed by atoms with Gasteiger partial charge >= 0.3 is 6.09 Å². The van der Waals surface area contributed by atoms with Crippen molar-refractivity contribution in [1.82, 2.24) is 14.7 Å². The van der Waals surface area contributed by atoms with E-state index in [-0.39, 0.29) is 0 Å². The number of halogens is 1. The summed E-state index contributed by atoms with van der Waals surface area (Å²) in [4.78, 5) is 12.9. The fourth-order valence-electron chi connectivity index (χ4n) is 3.71. The van der Waals surface area contributed by atoms with Crippen LogP contribution in [0.5, 0.6) is 0 Å². The minimum Gasteiger partial charge on any atom is -0.465 e. The first-order chi connectivity index (χ1) is 13.5. The van der Waals surface area contributed by atoms with Gasteiger partial charge in [0.15, 0.2) is 0 Å². The average Bonchev–Trinajstić information content (AvgIpc) is 2.87. The van der Waals surface area contributed by atoms with E-state index in [2.05, 4.69) is 35.9 Å². The van der Waals surface area contributed by atoms with Gasteiger partial charge in [-0.3, -0.25) is 4.68 Å². The van der Waals surface area contributed by atoms with Crippen molar-refractivity contribution in [2.45, 2.75) is 26.3 Å². The second-order valence-corrected chi connectivity index (χ2v) is 7.63. The Kier molecular flexibility index (Phi) is 5.09. The summed E-state index contributed by atoms with van der Waals surface area (Å²) in [5.41, 5.74) is 6.64. The highest BCUT2D eigenvalue weighted by molar-refractivity contribution is 6.30. The highest BCUT2D eigenvalue weighted by Crippen LogP contribution is 2.31. The van der Waals surface area contributed by atoms with Crippen molar-refractivity contribution in [2.75, 3.05) is 13.1 Å². The maximum Gasteiger partial charge on any atom is 0.407 e. The van der Waals surface area contributed by atoms with Crippen LogP contribution in [-0.4, -0.2) is 39.0 Å². The molecule has 0 bridgehead atoms. The maximum absolute atomic E-state index is 11.4.